The lowest BCUT2D eigenvalue weighted by molar-refractivity contribution is -0.127. The highest BCUT2D eigenvalue weighted by molar-refractivity contribution is 5.96. The number of anilines is 1. The number of aryl methyl sites for hydroxylation is 2. The highest BCUT2D eigenvalue weighted by atomic mass is 16.5. The maximum atomic E-state index is 12.6. The Morgan fingerprint density at radius 3 is 2.90 bits per heavy atom. The molecule has 1 atom stereocenters. The Balaban J connectivity index is 2.14. The van der Waals surface area contributed by atoms with Crippen molar-refractivity contribution in [3.63, 3.8) is 0 Å². The van der Waals surface area contributed by atoms with E-state index in [-0.39, 0.29) is 5.91 Å². The average Bonchev–Trinajstić information content (AvgIpc) is 2.91. The van der Waals surface area contributed by atoms with Gasteiger partial charge in [-0.25, -0.2) is 0 Å². The summed E-state index contributed by atoms with van der Waals surface area (Å²) in [5, 5.41) is 6.31. The van der Waals surface area contributed by atoms with Crippen molar-refractivity contribution in [1.82, 2.24) is 5.32 Å². The van der Waals surface area contributed by atoms with Crippen molar-refractivity contribution < 1.29 is 9.53 Å². The van der Waals surface area contributed by atoms with Gasteiger partial charge in [0, 0.05) is 19.3 Å². The minimum atomic E-state index is -0.438. The van der Waals surface area contributed by atoms with Gasteiger partial charge >= 0.3 is 0 Å². The summed E-state index contributed by atoms with van der Waals surface area (Å²) in [6.45, 7) is 6.22. The van der Waals surface area contributed by atoms with E-state index in [0.29, 0.717) is 13.2 Å². The van der Waals surface area contributed by atoms with Crippen LogP contribution in [0.25, 0.3) is 0 Å². The smallest absolute Gasteiger partial charge is 0.234 e. The zero-order valence-electron chi connectivity index (χ0n) is 12.6. The van der Waals surface area contributed by atoms with Gasteiger partial charge in [-0.15, -0.1) is 0 Å². The second-order valence-corrected chi connectivity index (χ2v) is 5.59. The van der Waals surface area contributed by atoms with Gasteiger partial charge in [-0.1, -0.05) is 13.0 Å². The van der Waals surface area contributed by atoms with Gasteiger partial charge in [-0.05, 0) is 49.6 Å². The van der Waals surface area contributed by atoms with Crippen LogP contribution in [0.1, 0.15) is 24.5 Å². The molecule has 0 radical (unpaired) electrons. The third-order valence-electron chi connectivity index (χ3n) is 4.13. The fourth-order valence-electron chi connectivity index (χ4n) is 2.80. The van der Waals surface area contributed by atoms with Crippen LogP contribution < -0.4 is 10.6 Å². The Morgan fingerprint density at radius 2 is 2.30 bits per heavy atom. The fourth-order valence-corrected chi connectivity index (χ4v) is 2.80. The second kappa shape index (κ2) is 6.37. The molecule has 1 aromatic rings. The number of hydrogen-bond donors (Lipinski definition) is 2. The van der Waals surface area contributed by atoms with Gasteiger partial charge in [-0.2, -0.15) is 0 Å². The molecular weight excluding hydrogens is 252 g/mol. The molecule has 0 saturated carbocycles. The lowest BCUT2D eigenvalue weighted by atomic mass is 9.87. The molecule has 0 bridgehead atoms. The first-order chi connectivity index (χ1) is 9.61. The fraction of sp³-hybridized carbons (Fsp3) is 0.562. The lowest BCUT2D eigenvalue weighted by Gasteiger charge is -2.26. The number of hydrogen-bond acceptors (Lipinski definition) is 3. The third kappa shape index (κ3) is 3.02. The summed E-state index contributed by atoms with van der Waals surface area (Å²) in [4.78, 5) is 12.6. The van der Waals surface area contributed by atoms with Crippen LogP contribution in [0, 0.1) is 12.3 Å². The van der Waals surface area contributed by atoms with Gasteiger partial charge < -0.3 is 15.4 Å². The predicted molar refractivity (Wildman–Crippen MR) is 81.0 cm³/mol. The molecule has 110 valence electrons. The molecule has 20 heavy (non-hydrogen) atoms. The van der Waals surface area contributed by atoms with Crippen molar-refractivity contribution >= 4 is 11.6 Å². The van der Waals surface area contributed by atoms with E-state index in [9.17, 15) is 4.79 Å². The maximum Gasteiger partial charge on any atom is 0.234 e. The Bertz CT molecular complexity index is 479. The molecule has 0 aromatic heterocycles. The first-order valence-corrected chi connectivity index (χ1v) is 7.22. The van der Waals surface area contributed by atoms with Gasteiger partial charge in [0.15, 0.2) is 0 Å². The molecule has 1 aromatic carbocycles. The van der Waals surface area contributed by atoms with E-state index in [4.69, 9.17) is 4.74 Å². The molecule has 1 saturated heterocycles. The standard InChI is InChI=1S/C16H24N2O2/c1-4-13-9-14(6-5-12(13)2)18-15(19)16(11-20-3)7-8-17-10-16/h5-6,9,17H,4,7-8,10-11H2,1-3H3,(H,18,19). The highest BCUT2D eigenvalue weighted by Gasteiger charge is 2.41. The number of methoxy groups -OCH3 is 1. The lowest BCUT2D eigenvalue weighted by Crippen LogP contribution is -2.41. The van der Waals surface area contributed by atoms with E-state index in [1.165, 1.54) is 11.1 Å². The second-order valence-electron chi connectivity index (χ2n) is 5.59. The van der Waals surface area contributed by atoms with Crippen LogP contribution in [0.4, 0.5) is 5.69 Å². The molecule has 4 heteroatoms. The molecule has 4 nitrogen and oxygen atoms in total. The molecule has 1 amide bonds. The third-order valence-corrected chi connectivity index (χ3v) is 4.13. The van der Waals surface area contributed by atoms with Gasteiger partial charge in [-0.3, -0.25) is 4.79 Å². The van der Waals surface area contributed by atoms with Gasteiger partial charge in [0.2, 0.25) is 5.91 Å². The van der Waals surface area contributed by atoms with Gasteiger partial charge in [0.25, 0.3) is 0 Å². The van der Waals surface area contributed by atoms with Crippen LogP contribution in [0.15, 0.2) is 18.2 Å². The van der Waals surface area contributed by atoms with Crippen LogP contribution in [-0.4, -0.2) is 32.7 Å². The molecular formula is C16H24N2O2. The Kier molecular flexibility index (Phi) is 4.78. The molecule has 1 fully saturated rings. The van der Waals surface area contributed by atoms with E-state index in [1.807, 2.05) is 6.07 Å². The minimum absolute atomic E-state index is 0.0512. The summed E-state index contributed by atoms with van der Waals surface area (Å²) in [5.41, 5.74) is 2.97. The first-order valence-electron chi connectivity index (χ1n) is 7.22. The van der Waals surface area contributed by atoms with Gasteiger partial charge in [0.1, 0.15) is 0 Å². The topological polar surface area (TPSA) is 50.4 Å². The summed E-state index contributed by atoms with van der Waals surface area (Å²) in [5.74, 6) is 0.0512. The van der Waals surface area contributed by atoms with Crippen LogP contribution in [0.2, 0.25) is 0 Å². The molecule has 2 rings (SSSR count). The number of rotatable bonds is 5. The van der Waals surface area contributed by atoms with Crippen molar-refractivity contribution in [2.75, 3.05) is 32.1 Å². The summed E-state index contributed by atoms with van der Waals surface area (Å²) >= 11 is 0. The molecule has 1 heterocycles. The number of nitrogens with one attached hydrogen (secondary N) is 2. The molecule has 0 aliphatic carbocycles. The summed E-state index contributed by atoms with van der Waals surface area (Å²) in [6.07, 6.45) is 1.79. The van der Waals surface area contributed by atoms with Crippen LogP contribution >= 0.6 is 0 Å². The Labute approximate surface area is 120 Å². The van der Waals surface area contributed by atoms with Crippen LogP contribution in [0.5, 0.6) is 0 Å². The van der Waals surface area contributed by atoms with E-state index in [0.717, 1.165) is 25.1 Å². The number of carbonyl (C=O) groups is 1. The number of amides is 1. The summed E-state index contributed by atoms with van der Waals surface area (Å²) in [7, 11) is 1.65. The van der Waals surface area contributed by atoms with E-state index < -0.39 is 5.41 Å². The first kappa shape index (κ1) is 15.0. The zero-order chi connectivity index (χ0) is 14.6. The quantitative estimate of drug-likeness (QED) is 0.866. The van der Waals surface area contributed by atoms with Crippen molar-refractivity contribution in [1.29, 1.82) is 0 Å². The van der Waals surface area contributed by atoms with Crippen LogP contribution in [0.3, 0.4) is 0 Å². The molecule has 1 aliphatic rings. The number of benzene rings is 1. The molecule has 2 N–H and O–H groups in total. The van der Waals surface area contributed by atoms with Crippen molar-refractivity contribution in [3.8, 4) is 0 Å². The summed E-state index contributed by atoms with van der Waals surface area (Å²) in [6, 6.07) is 6.09. The highest BCUT2D eigenvalue weighted by Crippen LogP contribution is 2.28. The van der Waals surface area contributed by atoms with E-state index >= 15 is 0 Å². The maximum absolute atomic E-state index is 12.6. The van der Waals surface area contributed by atoms with Gasteiger partial charge in [0.05, 0.1) is 12.0 Å². The monoisotopic (exact) mass is 276 g/mol. The number of ether oxygens (including phenoxy) is 1. The largest absolute Gasteiger partial charge is 0.384 e. The van der Waals surface area contributed by atoms with Crippen LogP contribution in [-0.2, 0) is 16.0 Å². The molecule has 1 aliphatic heterocycles. The number of carbonyl (C=O) groups excluding carboxylic acids is 1. The predicted octanol–water partition coefficient (Wildman–Crippen LogP) is 2.12. The Hall–Kier alpha value is -1.39. The summed E-state index contributed by atoms with van der Waals surface area (Å²) < 4.78 is 5.25. The average molecular weight is 276 g/mol. The minimum Gasteiger partial charge on any atom is -0.384 e. The van der Waals surface area contributed by atoms with E-state index in [1.54, 1.807) is 7.11 Å². The van der Waals surface area contributed by atoms with Crippen molar-refractivity contribution in [2.45, 2.75) is 26.7 Å². The van der Waals surface area contributed by atoms with Crippen molar-refractivity contribution in [2.24, 2.45) is 5.41 Å². The Morgan fingerprint density at radius 1 is 1.50 bits per heavy atom. The SMILES string of the molecule is CCc1cc(NC(=O)C2(COC)CCNC2)ccc1C. The molecule has 1 unspecified atom stereocenters. The zero-order valence-corrected chi connectivity index (χ0v) is 12.6. The molecule has 0 spiro atoms. The normalized spacial score (nSPS) is 21.9. The van der Waals surface area contributed by atoms with E-state index in [2.05, 4.69) is 36.6 Å². The van der Waals surface area contributed by atoms with Crippen molar-refractivity contribution in [3.05, 3.63) is 29.3 Å².